The summed E-state index contributed by atoms with van der Waals surface area (Å²) in [6.45, 7) is 13.6. The fraction of sp³-hybridized carbons (Fsp3) is 0.364. The standard InChI is InChI=1S/C29H30N6.2C2H6/c1-20-6-10-22(11-7-20)25-14-15-26-29(32-25)35(28(33-26)24-5-4-16-31-27(24)30)23-12-8-21(9-13-23)19-34-17-2-3-18-34;2*1-2/h4-6,8-16,20H,2-3,7,17-19H2,1H3,(H2,30,31);2*1-2H3. The number of hydrogen-bond acceptors (Lipinski definition) is 5. The second kappa shape index (κ2) is 13.3. The molecule has 0 amide bonds. The van der Waals surface area contributed by atoms with Crippen molar-refractivity contribution < 1.29 is 0 Å². The van der Waals surface area contributed by atoms with Gasteiger partial charge in [-0.3, -0.25) is 9.47 Å². The number of aromatic nitrogens is 4. The maximum atomic E-state index is 6.29. The van der Waals surface area contributed by atoms with Gasteiger partial charge in [0.2, 0.25) is 0 Å². The van der Waals surface area contributed by atoms with Crippen LogP contribution in [-0.4, -0.2) is 37.5 Å². The molecule has 39 heavy (non-hydrogen) atoms. The molecule has 1 aliphatic carbocycles. The van der Waals surface area contributed by atoms with Crippen LogP contribution >= 0.6 is 0 Å². The second-order valence-electron chi connectivity index (χ2n) is 9.63. The Kier molecular flexibility index (Phi) is 9.66. The van der Waals surface area contributed by atoms with Crippen molar-refractivity contribution >= 4 is 22.6 Å². The molecule has 0 saturated carbocycles. The van der Waals surface area contributed by atoms with Crippen LogP contribution < -0.4 is 5.73 Å². The molecule has 1 atom stereocenters. The first-order chi connectivity index (χ1) is 19.2. The molecule has 0 spiro atoms. The molecule has 1 aliphatic heterocycles. The Morgan fingerprint density at radius 2 is 1.67 bits per heavy atom. The number of benzene rings is 1. The summed E-state index contributed by atoms with van der Waals surface area (Å²) < 4.78 is 2.11. The normalized spacial score (nSPS) is 16.7. The Hall–Kier alpha value is -3.77. The lowest BCUT2D eigenvalue weighted by atomic mass is 9.97. The molecule has 1 unspecified atom stereocenters. The van der Waals surface area contributed by atoms with E-state index in [1.54, 1.807) is 6.20 Å². The summed E-state index contributed by atoms with van der Waals surface area (Å²) in [6.07, 6.45) is 12.0. The highest BCUT2D eigenvalue weighted by Crippen LogP contribution is 2.32. The SMILES string of the molecule is CC.CC.CC1C=CC(c2ccc3nc(-c4cccnc4N)n(-c4ccc(CN5CCCC5)cc4)c3n2)=CC1. The van der Waals surface area contributed by atoms with Crippen LogP contribution in [0.1, 0.15) is 65.1 Å². The lowest BCUT2D eigenvalue weighted by Gasteiger charge is -2.16. The number of fused-ring (bicyclic) bond motifs is 1. The first-order valence-corrected chi connectivity index (χ1v) is 14.5. The van der Waals surface area contributed by atoms with Gasteiger partial charge in [0.15, 0.2) is 11.5 Å². The van der Waals surface area contributed by atoms with Crippen molar-refractivity contribution in [1.82, 2.24) is 24.4 Å². The Bertz CT molecular complexity index is 1420. The van der Waals surface area contributed by atoms with Gasteiger partial charge in [-0.05, 0) is 85.8 Å². The van der Waals surface area contributed by atoms with Crippen LogP contribution in [0.15, 0.2) is 73.0 Å². The van der Waals surface area contributed by atoms with Crippen molar-refractivity contribution in [2.45, 2.75) is 60.4 Å². The molecule has 2 N–H and O–H groups in total. The maximum Gasteiger partial charge on any atom is 0.165 e. The van der Waals surface area contributed by atoms with E-state index in [0.29, 0.717) is 11.7 Å². The van der Waals surface area contributed by atoms with Gasteiger partial charge in [-0.25, -0.2) is 15.0 Å². The van der Waals surface area contributed by atoms with Gasteiger partial charge in [-0.15, -0.1) is 0 Å². The van der Waals surface area contributed by atoms with Gasteiger partial charge < -0.3 is 5.73 Å². The van der Waals surface area contributed by atoms with E-state index in [1.807, 2.05) is 39.8 Å². The molecule has 1 aromatic carbocycles. The predicted molar refractivity (Wildman–Crippen MR) is 165 cm³/mol. The molecule has 4 heterocycles. The predicted octanol–water partition coefficient (Wildman–Crippen LogP) is 7.69. The third-order valence-corrected chi connectivity index (χ3v) is 6.99. The van der Waals surface area contributed by atoms with E-state index >= 15 is 0 Å². The van der Waals surface area contributed by atoms with Crippen molar-refractivity contribution in [1.29, 1.82) is 0 Å². The summed E-state index contributed by atoms with van der Waals surface area (Å²) >= 11 is 0. The van der Waals surface area contributed by atoms with Crippen LogP contribution in [0, 0.1) is 5.92 Å². The number of nitrogen functional groups attached to an aromatic ring is 1. The summed E-state index contributed by atoms with van der Waals surface area (Å²) in [5, 5.41) is 0. The Morgan fingerprint density at radius 3 is 2.33 bits per heavy atom. The van der Waals surface area contributed by atoms with Crippen LogP contribution in [0.2, 0.25) is 0 Å². The lowest BCUT2D eigenvalue weighted by Crippen LogP contribution is -2.18. The minimum Gasteiger partial charge on any atom is -0.383 e. The second-order valence-corrected chi connectivity index (χ2v) is 9.63. The molecule has 4 aromatic rings. The fourth-order valence-electron chi connectivity index (χ4n) is 5.02. The quantitative estimate of drug-likeness (QED) is 0.291. The van der Waals surface area contributed by atoms with Gasteiger partial charge in [-0.1, -0.05) is 65.0 Å². The molecule has 204 valence electrons. The largest absolute Gasteiger partial charge is 0.383 e. The monoisotopic (exact) mass is 522 g/mol. The molecular formula is C33H42N6. The summed E-state index contributed by atoms with van der Waals surface area (Å²) in [7, 11) is 0. The van der Waals surface area contributed by atoms with Crippen molar-refractivity contribution in [2.75, 3.05) is 18.8 Å². The van der Waals surface area contributed by atoms with Crippen LogP contribution in [-0.2, 0) is 6.54 Å². The van der Waals surface area contributed by atoms with E-state index in [1.165, 1.54) is 31.5 Å². The molecule has 0 bridgehead atoms. The molecule has 6 rings (SSSR count). The molecule has 2 aliphatic rings. The number of nitrogens with zero attached hydrogens (tertiary/aromatic N) is 5. The van der Waals surface area contributed by atoms with Gasteiger partial charge in [0.05, 0.1) is 11.3 Å². The zero-order chi connectivity index (χ0) is 27.8. The first-order valence-electron chi connectivity index (χ1n) is 14.5. The molecular weight excluding hydrogens is 480 g/mol. The third-order valence-electron chi connectivity index (χ3n) is 6.99. The molecule has 3 aromatic heterocycles. The average molecular weight is 523 g/mol. The molecule has 0 radical (unpaired) electrons. The van der Waals surface area contributed by atoms with Crippen molar-refractivity contribution in [3.63, 3.8) is 0 Å². The number of anilines is 1. The van der Waals surface area contributed by atoms with E-state index in [0.717, 1.165) is 52.5 Å². The zero-order valence-electron chi connectivity index (χ0n) is 24.1. The van der Waals surface area contributed by atoms with Crippen molar-refractivity contribution in [3.8, 4) is 17.1 Å². The summed E-state index contributed by atoms with van der Waals surface area (Å²) in [6, 6.07) is 16.7. The van der Waals surface area contributed by atoms with Crippen LogP contribution in [0.5, 0.6) is 0 Å². The van der Waals surface area contributed by atoms with Gasteiger partial charge in [0.1, 0.15) is 11.3 Å². The minimum absolute atomic E-state index is 0.460. The third kappa shape index (κ3) is 6.28. The van der Waals surface area contributed by atoms with Gasteiger partial charge in [0.25, 0.3) is 0 Å². The number of allylic oxidation sites excluding steroid dienone is 4. The number of hydrogen-bond donors (Lipinski definition) is 1. The number of nitrogens with two attached hydrogens (primary N) is 1. The highest BCUT2D eigenvalue weighted by atomic mass is 15.1. The maximum absolute atomic E-state index is 6.29. The van der Waals surface area contributed by atoms with Crippen LogP contribution in [0.4, 0.5) is 5.82 Å². The van der Waals surface area contributed by atoms with Crippen LogP contribution in [0.3, 0.4) is 0 Å². The van der Waals surface area contributed by atoms with Gasteiger partial charge >= 0.3 is 0 Å². The van der Waals surface area contributed by atoms with E-state index in [-0.39, 0.29) is 0 Å². The molecule has 1 fully saturated rings. The Balaban J connectivity index is 0.000000845. The van der Waals surface area contributed by atoms with E-state index in [2.05, 4.69) is 76.0 Å². The number of pyridine rings is 2. The number of likely N-dealkylation sites (tertiary alicyclic amines) is 1. The minimum atomic E-state index is 0.460. The number of rotatable bonds is 5. The summed E-state index contributed by atoms with van der Waals surface area (Å²) in [5.41, 5.74) is 13.2. The van der Waals surface area contributed by atoms with E-state index in [9.17, 15) is 0 Å². The number of imidazole rings is 1. The highest BCUT2D eigenvalue weighted by Gasteiger charge is 2.19. The van der Waals surface area contributed by atoms with Crippen molar-refractivity contribution in [2.24, 2.45) is 5.92 Å². The zero-order valence-corrected chi connectivity index (χ0v) is 24.1. The Labute approximate surface area is 233 Å². The highest BCUT2D eigenvalue weighted by molar-refractivity contribution is 5.85. The summed E-state index contributed by atoms with van der Waals surface area (Å²) in [4.78, 5) is 16.9. The summed E-state index contributed by atoms with van der Waals surface area (Å²) in [5.74, 6) is 1.78. The Morgan fingerprint density at radius 1 is 0.923 bits per heavy atom. The van der Waals surface area contributed by atoms with Crippen LogP contribution in [0.25, 0.3) is 33.8 Å². The van der Waals surface area contributed by atoms with Gasteiger partial charge in [-0.2, -0.15) is 0 Å². The average Bonchev–Trinajstić information content (AvgIpc) is 3.64. The topological polar surface area (TPSA) is 72.9 Å². The van der Waals surface area contributed by atoms with Gasteiger partial charge in [0, 0.05) is 18.4 Å². The molecule has 1 saturated heterocycles. The smallest absolute Gasteiger partial charge is 0.165 e. The molecule has 6 heteroatoms. The molecule has 6 nitrogen and oxygen atoms in total. The van der Waals surface area contributed by atoms with E-state index < -0.39 is 0 Å². The fourth-order valence-corrected chi connectivity index (χ4v) is 5.02. The first kappa shape index (κ1) is 28.2. The van der Waals surface area contributed by atoms with Crippen molar-refractivity contribution in [3.05, 3.63) is 84.2 Å². The lowest BCUT2D eigenvalue weighted by molar-refractivity contribution is 0.331. The van der Waals surface area contributed by atoms with E-state index in [4.69, 9.17) is 15.7 Å².